The van der Waals surface area contributed by atoms with Crippen LogP contribution in [0.3, 0.4) is 0 Å². The van der Waals surface area contributed by atoms with Crippen LogP contribution in [0, 0.1) is 0 Å². The highest BCUT2D eigenvalue weighted by Crippen LogP contribution is 2.21. The molecular weight excluding hydrogens is 302 g/mol. The lowest BCUT2D eigenvalue weighted by molar-refractivity contribution is -0.125. The Labute approximate surface area is 142 Å². The van der Waals surface area contributed by atoms with Crippen molar-refractivity contribution < 1.29 is 4.79 Å². The number of amides is 1. The molecular formula is C18H25N5O. The van der Waals surface area contributed by atoms with Crippen LogP contribution in [0.15, 0.2) is 24.3 Å². The predicted octanol–water partition coefficient (Wildman–Crippen LogP) is 3.08. The van der Waals surface area contributed by atoms with E-state index in [1.165, 1.54) is 23.2 Å². The van der Waals surface area contributed by atoms with E-state index in [1.807, 2.05) is 12.1 Å². The average molecular weight is 327 g/mol. The summed E-state index contributed by atoms with van der Waals surface area (Å²) in [6.45, 7) is 6.12. The Morgan fingerprint density at radius 1 is 1.17 bits per heavy atom. The molecule has 0 saturated heterocycles. The normalized spacial score (nSPS) is 16.5. The molecule has 0 bridgehead atoms. The smallest absolute Gasteiger partial charge is 0.246 e. The zero-order chi connectivity index (χ0) is 17.1. The lowest BCUT2D eigenvalue weighted by Crippen LogP contribution is -2.38. The number of hydrogen-bond acceptors (Lipinski definition) is 4. The van der Waals surface area contributed by atoms with E-state index in [1.54, 1.807) is 6.92 Å². The molecule has 1 aliphatic carbocycles. The zero-order valence-corrected chi connectivity index (χ0v) is 14.6. The Morgan fingerprint density at radius 3 is 2.46 bits per heavy atom. The molecule has 1 amide bonds. The van der Waals surface area contributed by atoms with Gasteiger partial charge in [-0.2, -0.15) is 4.80 Å². The van der Waals surface area contributed by atoms with Gasteiger partial charge in [0.05, 0.1) is 0 Å². The molecule has 3 rings (SSSR count). The number of nitrogens with one attached hydrogen (secondary N) is 1. The highest BCUT2D eigenvalue weighted by Gasteiger charge is 2.23. The quantitative estimate of drug-likeness (QED) is 0.916. The molecule has 1 aromatic carbocycles. The molecule has 1 atom stereocenters. The number of nitrogens with zero attached hydrogens (tertiary/aromatic N) is 4. The number of tetrazole rings is 1. The molecule has 0 spiro atoms. The third-order valence-electron chi connectivity index (χ3n) is 4.69. The van der Waals surface area contributed by atoms with E-state index >= 15 is 0 Å². The largest absolute Gasteiger partial charge is 0.351 e. The fraction of sp³-hybridized carbons (Fsp3) is 0.556. The maximum absolute atomic E-state index is 12.3. The summed E-state index contributed by atoms with van der Waals surface area (Å²) < 4.78 is 0. The maximum Gasteiger partial charge on any atom is 0.246 e. The van der Waals surface area contributed by atoms with Crippen LogP contribution in [0.2, 0.25) is 0 Å². The number of hydrogen-bond donors (Lipinski definition) is 1. The molecule has 0 radical (unpaired) electrons. The van der Waals surface area contributed by atoms with E-state index in [4.69, 9.17) is 0 Å². The Hall–Kier alpha value is -2.24. The summed E-state index contributed by atoms with van der Waals surface area (Å²) in [7, 11) is 0. The number of carbonyl (C=O) groups excluding carboxylic acids is 1. The first-order valence-electron chi connectivity index (χ1n) is 8.75. The minimum Gasteiger partial charge on any atom is -0.351 e. The molecule has 1 aliphatic rings. The lowest BCUT2D eigenvalue weighted by Gasteiger charge is -2.15. The number of carbonyl (C=O) groups is 1. The first-order valence-corrected chi connectivity index (χ1v) is 8.75. The highest BCUT2D eigenvalue weighted by molar-refractivity contribution is 5.80. The van der Waals surface area contributed by atoms with Gasteiger partial charge >= 0.3 is 0 Å². The average Bonchev–Trinajstić information content (AvgIpc) is 3.26. The Kier molecular flexibility index (Phi) is 4.92. The predicted molar refractivity (Wildman–Crippen MR) is 92.5 cm³/mol. The first-order chi connectivity index (χ1) is 11.5. The monoisotopic (exact) mass is 327 g/mol. The summed E-state index contributed by atoms with van der Waals surface area (Å²) in [5.41, 5.74) is 2.18. The first kappa shape index (κ1) is 16.6. The molecule has 0 aliphatic heterocycles. The number of aromatic nitrogens is 4. The van der Waals surface area contributed by atoms with E-state index < -0.39 is 6.04 Å². The van der Waals surface area contributed by atoms with Gasteiger partial charge in [0.15, 0.2) is 0 Å². The molecule has 1 aromatic heterocycles. The third-order valence-corrected chi connectivity index (χ3v) is 4.69. The van der Waals surface area contributed by atoms with E-state index in [9.17, 15) is 4.79 Å². The van der Waals surface area contributed by atoms with Crippen LogP contribution in [0.1, 0.15) is 64.0 Å². The van der Waals surface area contributed by atoms with E-state index in [2.05, 4.69) is 46.7 Å². The molecule has 2 aromatic rings. The molecule has 128 valence electrons. The highest BCUT2D eigenvalue weighted by atomic mass is 16.2. The summed E-state index contributed by atoms with van der Waals surface area (Å²) in [5, 5.41) is 15.6. The second-order valence-electron chi connectivity index (χ2n) is 6.88. The van der Waals surface area contributed by atoms with Crippen molar-refractivity contribution in [2.45, 2.75) is 64.5 Å². The van der Waals surface area contributed by atoms with Gasteiger partial charge in [-0.05, 0) is 36.5 Å². The van der Waals surface area contributed by atoms with Gasteiger partial charge in [-0.25, -0.2) is 0 Å². The van der Waals surface area contributed by atoms with E-state index in [-0.39, 0.29) is 5.91 Å². The Balaban J connectivity index is 1.68. The van der Waals surface area contributed by atoms with Gasteiger partial charge in [-0.1, -0.05) is 51.0 Å². The summed E-state index contributed by atoms with van der Waals surface area (Å²) in [6, 6.07) is 8.00. The van der Waals surface area contributed by atoms with Gasteiger partial charge in [-0.15, -0.1) is 10.2 Å². The molecule has 6 nitrogen and oxygen atoms in total. The summed E-state index contributed by atoms with van der Waals surface area (Å²) in [6.07, 6.45) is 4.52. The Bertz CT molecular complexity index is 686. The van der Waals surface area contributed by atoms with Crippen LogP contribution in [0.4, 0.5) is 0 Å². The second kappa shape index (κ2) is 7.11. The lowest BCUT2D eigenvalue weighted by atomic mass is 10.0. The standard InChI is InChI=1S/C18H25N5O/c1-12(2)14-8-10-15(11-9-14)17-20-22-23(21-17)13(3)18(24)19-16-6-4-5-7-16/h8-13,16H,4-7H2,1-3H3,(H,19,24)/t13-/m0/s1. The molecule has 0 unspecified atom stereocenters. The fourth-order valence-corrected chi connectivity index (χ4v) is 3.02. The summed E-state index contributed by atoms with van der Waals surface area (Å²) in [4.78, 5) is 13.7. The van der Waals surface area contributed by atoms with Crippen LogP contribution in [-0.4, -0.2) is 32.2 Å². The molecule has 1 saturated carbocycles. The van der Waals surface area contributed by atoms with Gasteiger partial charge in [0.1, 0.15) is 6.04 Å². The van der Waals surface area contributed by atoms with Crippen LogP contribution in [0.25, 0.3) is 11.4 Å². The minimum absolute atomic E-state index is 0.0407. The maximum atomic E-state index is 12.3. The van der Waals surface area contributed by atoms with E-state index in [0.717, 1.165) is 18.4 Å². The minimum atomic E-state index is -0.457. The van der Waals surface area contributed by atoms with Crippen LogP contribution in [0.5, 0.6) is 0 Å². The summed E-state index contributed by atoms with van der Waals surface area (Å²) >= 11 is 0. The van der Waals surface area contributed by atoms with E-state index in [0.29, 0.717) is 17.8 Å². The van der Waals surface area contributed by atoms with Crippen LogP contribution in [-0.2, 0) is 4.79 Å². The molecule has 6 heteroatoms. The number of rotatable bonds is 5. The van der Waals surface area contributed by atoms with Crippen molar-refractivity contribution in [2.75, 3.05) is 0 Å². The van der Waals surface area contributed by atoms with Crippen molar-refractivity contribution in [2.24, 2.45) is 0 Å². The zero-order valence-electron chi connectivity index (χ0n) is 14.6. The van der Waals surface area contributed by atoms with Gasteiger partial charge < -0.3 is 5.32 Å². The second-order valence-corrected chi connectivity index (χ2v) is 6.88. The molecule has 24 heavy (non-hydrogen) atoms. The molecule has 1 fully saturated rings. The van der Waals surface area contributed by atoms with Crippen LogP contribution < -0.4 is 5.32 Å². The molecule has 1 heterocycles. The van der Waals surface area contributed by atoms with Gasteiger partial charge in [-0.3, -0.25) is 4.79 Å². The Morgan fingerprint density at radius 2 is 1.83 bits per heavy atom. The van der Waals surface area contributed by atoms with Crippen molar-refractivity contribution in [1.29, 1.82) is 0 Å². The number of benzene rings is 1. The SMILES string of the molecule is CC(C)c1ccc(-c2nnn([C@@H](C)C(=O)NC3CCCC3)n2)cc1. The van der Waals surface area contributed by atoms with Gasteiger partial charge in [0.25, 0.3) is 0 Å². The fourth-order valence-electron chi connectivity index (χ4n) is 3.02. The van der Waals surface area contributed by atoms with Crippen molar-refractivity contribution in [1.82, 2.24) is 25.5 Å². The van der Waals surface area contributed by atoms with Crippen molar-refractivity contribution in [3.8, 4) is 11.4 Å². The third kappa shape index (κ3) is 3.63. The van der Waals surface area contributed by atoms with Crippen LogP contribution >= 0.6 is 0 Å². The topological polar surface area (TPSA) is 72.7 Å². The van der Waals surface area contributed by atoms with Crippen molar-refractivity contribution in [3.05, 3.63) is 29.8 Å². The molecule has 1 N–H and O–H groups in total. The van der Waals surface area contributed by atoms with Crippen molar-refractivity contribution >= 4 is 5.91 Å². The van der Waals surface area contributed by atoms with Gasteiger partial charge in [0, 0.05) is 11.6 Å². The van der Waals surface area contributed by atoms with Crippen molar-refractivity contribution in [3.63, 3.8) is 0 Å². The van der Waals surface area contributed by atoms with Gasteiger partial charge in [0.2, 0.25) is 11.7 Å². The summed E-state index contributed by atoms with van der Waals surface area (Å²) in [5.74, 6) is 0.994.